The third-order valence-corrected chi connectivity index (χ3v) is 5.12. The van der Waals surface area contributed by atoms with Crippen LogP contribution >= 0.6 is 43.2 Å². The first-order valence-corrected chi connectivity index (χ1v) is 6.78. The fourth-order valence-electron chi connectivity index (χ4n) is 1.21. The van der Waals surface area contributed by atoms with Crippen LogP contribution in [0.1, 0.15) is 5.69 Å². The van der Waals surface area contributed by atoms with E-state index in [4.69, 9.17) is 5.84 Å². The van der Waals surface area contributed by atoms with E-state index in [2.05, 4.69) is 47.3 Å². The van der Waals surface area contributed by atoms with E-state index >= 15 is 0 Å². The topological polar surface area (TPSA) is 63.8 Å². The zero-order chi connectivity index (χ0) is 11.7. The number of nitrogen functional groups attached to an aromatic ring is 1. The molecule has 2 heterocycles. The molecule has 0 aliphatic carbocycles. The van der Waals surface area contributed by atoms with E-state index < -0.39 is 0 Å². The van der Waals surface area contributed by atoms with E-state index in [9.17, 15) is 0 Å². The quantitative estimate of drug-likeness (QED) is 0.634. The van der Waals surface area contributed by atoms with Gasteiger partial charge in [0.2, 0.25) is 0 Å². The second-order valence-corrected chi connectivity index (χ2v) is 6.32. The Balaban J connectivity index is 2.50. The lowest BCUT2D eigenvalue weighted by molar-refractivity contribution is 1.10. The summed E-state index contributed by atoms with van der Waals surface area (Å²) < 4.78 is 2.02. The number of anilines is 1. The monoisotopic (exact) mass is 362 g/mol. The Hall–Kier alpha value is -0.500. The van der Waals surface area contributed by atoms with Gasteiger partial charge in [-0.2, -0.15) is 0 Å². The van der Waals surface area contributed by atoms with Crippen molar-refractivity contribution in [1.82, 2.24) is 9.97 Å². The minimum atomic E-state index is 0.614. The Morgan fingerprint density at radius 3 is 2.62 bits per heavy atom. The minimum absolute atomic E-state index is 0.614. The van der Waals surface area contributed by atoms with Crippen molar-refractivity contribution < 1.29 is 0 Å². The Morgan fingerprint density at radius 1 is 1.31 bits per heavy atom. The van der Waals surface area contributed by atoms with Crippen molar-refractivity contribution in [1.29, 1.82) is 0 Å². The maximum atomic E-state index is 5.35. The smallest absolute Gasteiger partial charge is 0.171 e. The lowest BCUT2D eigenvalue weighted by Gasteiger charge is -2.02. The van der Waals surface area contributed by atoms with Gasteiger partial charge in [0.05, 0.1) is 8.66 Å². The number of aromatic nitrogens is 2. The van der Waals surface area contributed by atoms with Gasteiger partial charge >= 0.3 is 0 Å². The molecule has 0 amide bonds. The molecule has 0 radical (unpaired) electrons. The molecule has 0 saturated carbocycles. The number of halogens is 2. The molecule has 0 bridgehead atoms. The summed E-state index contributed by atoms with van der Waals surface area (Å²) in [5.41, 5.74) is 3.40. The van der Waals surface area contributed by atoms with Gasteiger partial charge < -0.3 is 5.43 Å². The number of rotatable bonds is 2. The molecule has 0 spiro atoms. The Morgan fingerprint density at radius 2 is 2.06 bits per heavy atom. The third kappa shape index (κ3) is 2.42. The fraction of sp³-hybridized carbons (Fsp3) is 0.111. The SMILES string of the molecule is Cc1cc(NN)nc(-c2cc(Br)c(Br)s2)n1. The summed E-state index contributed by atoms with van der Waals surface area (Å²) in [5, 5.41) is 0. The molecule has 7 heteroatoms. The van der Waals surface area contributed by atoms with E-state index in [0.717, 1.165) is 18.8 Å². The number of thiophene rings is 1. The molecule has 16 heavy (non-hydrogen) atoms. The average molecular weight is 364 g/mol. The molecule has 0 unspecified atom stereocenters. The number of nitrogens with two attached hydrogens (primary N) is 1. The van der Waals surface area contributed by atoms with Crippen molar-refractivity contribution in [2.45, 2.75) is 6.92 Å². The Kier molecular flexibility index (Phi) is 3.58. The highest BCUT2D eigenvalue weighted by atomic mass is 79.9. The molecule has 2 aromatic rings. The van der Waals surface area contributed by atoms with Crippen LogP contribution in [0, 0.1) is 6.92 Å². The largest absolute Gasteiger partial charge is 0.308 e. The molecule has 84 valence electrons. The summed E-state index contributed by atoms with van der Waals surface area (Å²) in [6.45, 7) is 1.91. The molecule has 2 rings (SSSR count). The second kappa shape index (κ2) is 4.79. The summed E-state index contributed by atoms with van der Waals surface area (Å²) in [7, 11) is 0. The summed E-state index contributed by atoms with van der Waals surface area (Å²) in [6.07, 6.45) is 0. The van der Waals surface area contributed by atoms with Gasteiger partial charge in [0.25, 0.3) is 0 Å². The first-order valence-electron chi connectivity index (χ1n) is 4.37. The van der Waals surface area contributed by atoms with Crippen LogP contribution in [0.3, 0.4) is 0 Å². The molecule has 4 nitrogen and oxygen atoms in total. The van der Waals surface area contributed by atoms with Crippen LogP contribution in [0.25, 0.3) is 10.7 Å². The van der Waals surface area contributed by atoms with Gasteiger partial charge in [-0.25, -0.2) is 15.8 Å². The van der Waals surface area contributed by atoms with Gasteiger partial charge in [-0.3, -0.25) is 0 Å². The lowest BCUT2D eigenvalue weighted by atomic mass is 10.4. The fourth-order valence-corrected chi connectivity index (χ4v) is 3.18. The highest BCUT2D eigenvalue weighted by Gasteiger charge is 2.10. The lowest BCUT2D eigenvalue weighted by Crippen LogP contribution is -2.09. The number of nitrogens with zero attached hydrogens (tertiary/aromatic N) is 2. The maximum absolute atomic E-state index is 5.35. The maximum Gasteiger partial charge on any atom is 0.171 e. The Bertz CT molecular complexity index is 507. The minimum Gasteiger partial charge on any atom is -0.308 e. The molecule has 0 atom stereocenters. The predicted molar refractivity (Wildman–Crippen MR) is 73.3 cm³/mol. The van der Waals surface area contributed by atoms with Crippen LogP contribution in [0.2, 0.25) is 0 Å². The molecule has 0 aliphatic heterocycles. The van der Waals surface area contributed by atoms with Gasteiger partial charge in [-0.05, 0) is 44.8 Å². The summed E-state index contributed by atoms with van der Waals surface area (Å²) in [4.78, 5) is 9.65. The van der Waals surface area contributed by atoms with Crippen molar-refractivity contribution in [3.63, 3.8) is 0 Å². The third-order valence-electron chi connectivity index (χ3n) is 1.87. The predicted octanol–water partition coefficient (Wildman–Crippen LogP) is 3.32. The van der Waals surface area contributed by atoms with E-state index in [1.807, 2.05) is 13.0 Å². The van der Waals surface area contributed by atoms with Gasteiger partial charge in [0.1, 0.15) is 5.82 Å². The van der Waals surface area contributed by atoms with Gasteiger partial charge in [-0.15, -0.1) is 11.3 Å². The summed E-state index contributed by atoms with van der Waals surface area (Å²) in [5.74, 6) is 6.63. The number of hydrazine groups is 1. The van der Waals surface area contributed by atoms with E-state index in [-0.39, 0.29) is 0 Å². The molecular formula is C9H8Br2N4S. The first kappa shape index (κ1) is 12.0. The number of hydrogen-bond acceptors (Lipinski definition) is 5. The molecular weight excluding hydrogens is 356 g/mol. The van der Waals surface area contributed by atoms with Crippen LogP contribution < -0.4 is 11.3 Å². The Labute approximate surface area is 114 Å². The van der Waals surface area contributed by atoms with Crippen molar-refractivity contribution in [2.24, 2.45) is 5.84 Å². The van der Waals surface area contributed by atoms with Crippen LogP contribution in [0.5, 0.6) is 0 Å². The van der Waals surface area contributed by atoms with Crippen molar-refractivity contribution in [2.75, 3.05) is 5.43 Å². The van der Waals surface area contributed by atoms with Gasteiger partial charge in [-0.1, -0.05) is 0 Å². The second-order valence-electron chi connectivity index (χ2n) is 3.09. The average Bonchev–Trinajstić information content (AvgIpc) is 2.58. The van der Waals surface area contributed by atoms with E-state index in [1.54, 1.807) is 17.4 Å². The molecule has 3 N–H and O–H groups in total. The molecule has 0 fully saturated rings. The van der Waals surface area contributed by atoms with Crippen LogP contribution in [-0.4, -0.2) is 9.97 Å². The van der Waals surface area contributed by atoms with Crippen molar-refractivity contribution in [3.8, 4) is 10.7 Å². The normalized spacial score (nSPS) is 10.5. The molecule has 0 aliphatic rings. The summed E-state index contributed by atoms with van der Waals surface area (Å²) >= 11 is 8.45. The first-order chi connectivity index (χ1) is 7.60. The standard InChI is InChI=1S/C9H8Br2N4S/c1-4-2-7(15-12)14-9(13-4)6-3-5(10)8(11)16-6/h2-3H,12H2,1H3,(H,13,14,15). The molecule has 0 aromatic carbocycles. The zero-order valence-corrected chi connectivity index (χ0v) is 12.3. The highest BCUT2D eigenvalue weighted by Crippen LogP contribution is 2.37. The number of hydrogen-bond donors (Lipinski definition) is 2. The zero-order valence-electron chi connectivity index (χ0n) is 8.29. The van der Waals surface area contributed by atoms with Crippen LogP contribution in [0.15, 0.2) is 20.4 Å². The van der Waals surface area contributed by atoms with E-state index in [0.29, 0.717) is 11.6 Å². The molecule has 0 saturated heterocycles. The van der Waals surface area contributed by atoms with Crippen molar-refractivity contribution in [3.05, 3.63) is 26.1 Å². The number of nitrogens with one attached hydrogen (secondary N) is 1. The summed E-state index contributed by atoms with van der Waals surface area (Å²) in [6, 6.07) is 3.77. The highest BCUT2D eigenvalue weighted by molar-refractivity contribution is 9.13. The van der Waals surface area contributed by atoms with E-state index in [1.165, 1.54) is 0 Å². The van der Waals surface area contributed by atoms with Gasteiger partial charge in [0, 0.05) is 16.2 Å². The number of aryl methyl sites for hydroxylation is 1. The van der Waals surface area contributed by atoms with Gasteiger partial charge in [0.15, 0.2) is 5.82 Å². The van der Waals surface area contributed by atoms with Crippen molar-refractivity contribution >= 4 is 49.0 Å². The van der Waals surface area contributed by atoms with Crippen LogP contribution in [0.4, 0.5) is 5.82 Å². The molecule has 2 aromatic heterocycles. The van der Waals surface area contributed by atoms with Crippen LogP contribution in [-0.2, 0) is 0 Å².